The summed E-state index contributed by atoms with van der Waals surface area (Å²) in [5.41, 5.74) is 5.27. The van der Waals surface area contributed by atoms with Crippen LogP contribution >= 0.6 is 24.0 Å². The Labute approximate surface area is 141 Å². The second kappa shape index (κ2) is 8.10. The predicted octanol–water partition coefficient (Wildman–Crippen LogP) is 2.13. The monoisotopic (exact) mass is 345 g/mol. The number of nitrogens with zero attached hydrogens (tertiary/aromatic N) is 2. The molecule has 0 radical (unpaired) electrons. The maximum absolute atomic E-state index is 5.81. The largest absolute Gasteiger partial charge is 0.494 e. The van der Waals surface area contributed by atoms with Gasteiger partial charge in [-0.3, -0.25) is 10.3 Å². The van der Waals surface area contributed by atoms with E-state index in [4.69, 9.17) is 22.1 Å². The normalized spacial score (nSPS) is 17.8. The summed E-state index contributed by atoms with van der Waals surface area (Å²) in [4.78, 5) is 8.62. The highest BCUT2D eigenvalue weighted by Gasteiger charge is 2.23. The maximum Gasteiger partial charge on any atom is 0.199 e. The summed E-state index contributed by atoms with van der Waals surface area (Å²) < 4.78 is 5.60. The quantitative estimate of drug-likeness (QED) is 0.713. The summed E-state index contributed by atoms with van der Waals surface area (Å²) in [6.07, 6.45) is 0.799. The topological polar surface area (TPSA) is 84.0 Å². The fourth-order valence-corrected chi connectivity index (χ4v) is 1.98. The van der Waals surface area contributed by atoms with Crippen molar-refractivity contribution in [3.8, 4) is 5.75 Å². The second-order valence-corrected chi connectivity index (χ2v) is 5.63. The molecular weight excluding hydrogens is 325 g/mol. The third kappa shape index (κ3) is 5.99. The van der Waals surface area contributed by atoms with Crippen LogP contribution in [-0.4, -0.2) is 30.7 Å². The van der Waals surface area contributed by atoms with Crippen molar-refractivity contribution in [3.63, 3.8) is 0 Å². The molecule has 1 aliphatic rings. The molecule has 0 atom stereocenters. The molecule has 1 aromatic carbocycles. The van der Waals surface area contributed by atoms with Gasteiger partial charge in [0.15, 0.2) is 11.9 Å². The standard InChI is InChI=1S/C14H20ClN5O.ClH/c1-14(2)19-12(16)18-13(20-14)17-8-3-9-21-11-6-4-10(15)5-7-11;/h4-7H,3,8-9H2,1-2H3,(H4,16,17,18,19,20);1H. The van der Waals surface area contributed by atoms with Crippen LogP contribution in [0.1, 0.15) is 20.3 Å². The molecule has 1 heterocycles. The molecule has 122 valence electrons. The van der Waals surface area contributed by atoms with Crippen LogP contribution in [0.4, 0.5) is 0 Å². The van der Waals surface area contributed by atoms with Crippen LogP contribution in [0.25, 0.3) is 0 Å². The summed E-state index contributed by atoms with van der Waals surface area (Å²) in [6, 6.07) is 7.30. The number of aliphatic imine (C=N–C) groups is 2. The van der Waals surface area contributed by atoms with E-state index in [0.29, 0.717) is 30.1 Å². The molecule has 4 N–H and O–H groups in total. The molecule has 0 amide bonds. The SMILES string of the molecule is CC1(C)N=C(N)NC(=NCCCOc2ccc(Cl)cc2)N1.Cl. The van der Waals surface area contributed by atoms with E-state index in [9.17, 15) is 0 Å². The molecule has 1 aliphatic heterocycles. The zero-order valence-corrected chi connectivity index (χ0v) is 14.2. The average Bonchev–Trinajstić information content (AvgIpc) is 2.38. The molecule has 0 aliphatic carbocycles. The molecule has 2 rings (SSSR count). The summed E-state index contributed by atoms with van der Waals surface area (Å²) in [6.45, 7) is 5.08. The molecule has 22 heavy (non-hydrogen) atoms. The molecule has 0 saturated heterocycles. The van der Waals surface area contributed by atoms with Gasteiger partial charge in [-0.2, -0.15) is 0 Å². The Kier molecular flexibility index (Phi) is 6.77. The number of ether oxygens (including phenoxy) is 1. The van der Waals surface area contributed by atoms with Gasteiger partial charge in [-0.25, -0.2) is 4.99 Å². The number of benzene rings is 1. The molecule has 0 bridgehead atoms. The number of hydrogen-bond donors (Lipinski definition) is 3. The zero-order chi connectivity index (χ0) is 15.3. The van der Waals surface area contributed by atoms with Gasteiger partial charge in [-0.1, -0.05) is 11.6 Å². The van der Waals surface area contributed by atoms with Crippen LogP contribution in [-0.2, 0) is 0 Å². The minimum Gasteiger partial charge on any atom is -0.494 e. The van der Waals surface area contributed by atoms with Crippen molar-refractivity contribution >= 4 is 35.9 Å². The molecule has 8 heteroatoms. The summed E-state index contributed by atoms with van der Waals surface area (Å²) in [7, 11) is 0. The molecule has 1 aromatic rings. The number of hydrogen-bond acceptors (Lipinski definition) is 4. The van der Waals surface area contributed by atoms with Crippen molar-refractivity contribution < 1.29 is 4.74 Å². The van der Waals surface area contributed by atoms with Crippen LogP contribution in [0.15, 0.2) is 34.3 Å². The minimum absolute atomic E-state index is 0. The van der Waals surface area contributed by atoms with Gasteiger partial charge in [0.1, 0.15) is 11.4 Å². The van der Waals surface area contributed by atoms with Crippen molar-refractivity contribution in [3.05, 3.63) is 29.3 Å². The van der Waals surface area contributed by atoms with Crippen molar-refractivity contribution in [1.82, 2.24) is 10.6 Å². The van der Waals surface area contributed by atoms with E-state index in [1.165, 1.54) is 0 Å². The van der Waals surface area contributed by atoms with Gasteiger partial charge >= 0.3 is 0 Å². The number of nitrogens with two attached hydrogens (primary N) is 1. The highest BCUT2D eigenvalue weighted by Crippen LogP contribution is 2.15. The van der Waals surface area contributed by atoms with E-state index in [2.05, 4.69) is 20.6 Å². The van der Waals surface area contributed by atoms with E-state index in [-0.39, 0.29) is 12.4 Å². The third-order valence-electron chi connectivity index (χ3n) is 2.73. The molecule has 0 saturated carbocycles. The first-order chi connectivity index (χ1) is 9.94. The van der Waals surface area contributed by atoms with Crippen LogP contribution in [0, 0.1) is 0 Å². The highest BCUT2D eigenvalue weighted by molar-refractivity contribution is 6.30. The van der Waals surface area contributed by atoms with Gasteiger partial charge in [-0.15, -0.1) is 12.4 Å². The van der Waals surface area contributed by atoms with E-state index in [0.717, 1.165) is 12.2 Å². The lowest BCUT2D eigenvalue weighted by Gasteiger charge is -2.29. The lowest BCUT2D eigenvalue weighted by Crippen LogP contribution is -2.57. The maximum atomic E-state index is 5.81. The molecular formula is C14H21Cl2N5O. The average molecular weight is 346 g/mol. The smallest absolute Gasteiger partial charge is 0.199 e. The van der Waals surface area contributed by atoms with Crippen LogP contribution in [0.3, 0.4) is 0 Å². The van der Waals surface area contributed by atoms with Gasteiger partial charge in [0, 0.05) is 18.0 Å². The Morgan fingerprint density at radius 3 is 2.64 bits per heavy atom. The number of nitrogens with one attached hydrogen (secondary N) is 2. The van der Waals surface area contributed by atoms with Crippen molar-refractivity contribution in [1.29, 1.82) is 0 Å². The number of halogens is 2. The fraction of sp³-hybridized carbons (Fsp3) is 0.429. The summed E-state index contributed by atoms with van der Waals surface area (Å²) >= 11 is 5.81. The molecule has 6 nitrogen and oxygen atoms in total. The first kappa shape index (κ1) is 18.4. The molecule has 0 aromatic heterocycles. The fourth-order valence-electron chi connectivity index (χ4n) is 1.85. The van der Waals surface area contributed by atoms with Crippen molar-refractivity contribution in [2.75, 3.05) is 13.2 Å². The van der Waals surface area contributed by atoms with Gasteiger partial charge in [0.2, 0.25) is 0 Å². The zero-order valence-electron chi connectivity index (χ0n) is 12.6. The Hall–Kier alpha value is -1.66. The van der Waals surface area contributed by atoms with Gasteiger partial charge in [0.25, 0.3) is 0 Å². The van der Waals surface area contributed by atoms with Crippen LogP contribution in [0.2, 0.25) is 5.02 Å². The van der Waals surface area contributed by atoms with Gasteiger partial charge in [-0.05, 0) is 38.1 Å². The predicted molar refractivity (Wildman–Crippen MR) is 93.1 cm³/mol. The van der Waals surface area contributed by atoms with Crippen LogP contribution in [0.5, 0.6) is 5.75 Å². The van der Waals surface area contributed by atoms with Gasteiger partial charge in [0.05, 0.1) is 6.61 Å². The Bertz CT molecular complexity index is 543. The van der Waals surface area contributed by atoms with E-state index < -0.39 is 5.66 Å². The Morgan fingerprint density at radius 2 is 2.00 bits per heavy atom. The molecule has 0 spiro atoms. The van der Waals surface area contributed by atoms with Crippen molar-refractivity contribution in [2.24, 2.45) is 15.7 Å². The number of guanidine groups is 2. The van der Waals surface area contributed by atoms with Crippen LogP contribution < -0.4 is 21.1 Å². The minimum atomic E-state index is -0.437. The Balaban J connectivity index is 0.00000242. The van der Waals surface area contributed by atoms with E-state index in [1.807, 2.05) is 26.0 Å². The van der Waals surface area contributed by atoms with E-state index in [1.54, 1.807) is 12.1 Å². The Morgan fingerprint density at radius 1 is 1.32 bits per heavy atom. The summed E-state index contributed by atoms with van der Waals surface area (Å²) in [5, 5.41) is 6.75. The lowest BCUT2D eigenvalue weighted by atomic mass is 10.2. The second-order valence-electron chi connectivity index (χ2n) is 5.19. The molecule has 0 unspecified atom stereocenters. The van der Waals surface area contributed by atoms with Gasteiger partial charge < -0.3 is 15.8 Å². The first-order valence-corrected chi connectivity index (χ1v) is 7.16. The first-order valence-electron chi connectivity index (χ1n) is 6.78. The van der Waals surface area contributed by atoms with Crippen molar-refractivity contribution in [2.45, 2.75) is 25.9 Å². The number of rotatable bonds is 5. The lowest BCUT2D eigenvalue weighted by molar-refractivity contribution is 0.313. The third-order valence-corrected chi connectivity index (χ3v) is 2.98. The molecule has 0 fully saturated rings. The summed E-state index contributed by atoms with van der Waals surface area (Å²) in [5.74, 6) is 1.81. The highest BCUT2D eigenvalue weighted by atomic mass is 35.5. The van der Waals surface area contributed by atoms with E-state index >= 15 is 0 Å².